The van der Waals surface area contributed by atoms with Crippen LogP contribution in [0.1, 0.15) is 26.7 Å². The Labute approximate surface area is 91.8 Å². The normalized spacial score (nSPS) is 17.5. The van der Waals surface area contributed by atoms with Gasteiger partial charge in [-0.15, -0.1) is 0 Å². The molecule has 1 amide bonds. The molecule has 0 spiro atoms. The average molecular weight is 214 g/mol. The van der Waals surface area contributed by atoms with Gasteiger partial charge in [0.2, 0.25) is 5.91 Å². The first kappa shape index (κ1) is 12.5. The van der Waals surface area contributed by atoms with Crippen molar-refractivity contribution in [2.45, 2.75) is 32.8 Å². The maximum absolute atomic E-state index is 11.3. The molecule has 0 aromatic rings. The van der Waals surface area contributed by atoms with E-state index in [2.05, 4.69) is 10.6 Å². The van der Waals surface area contributed by atoms with Gasteiger partial charge in [-0.1, -0.05) is 0 Å². The zero-order valence-corrected chi connectivity index (χ0v) is 9.71. The van der Waals surface area contributed by atoms with E-state index in [9.17, 15) is 4.79 Å². The first-order chi connectivity index (χ1) is 7.22. The molecule has 1 saturated carbocycles. The first-order valence-electron chi connectivity index (χ1n) is 5.81. The van der Waals surface area contributed by atoms with Gasteiger partial charge >= 0.3 is 0 Å². The average Bonchev–Trinajstić information content (AvgIpc) is 2.99. The molecule has 0 radical (unpaired) electrons. The summed E-state index contributed by atoms with van der Waals surface area (Å²) in [6.07, 6.45) is 2.73. The van der Waals surface area contributed by atoms with Crippen LogP contribution in [0.15, 0.2) is 0 Å². The molecule has 15 heavy (non-hydrogen) atoms. The Bertz CT molecular complexity index is 193. The van der Waals surface area contributed by atoms with Gasteiger partial charge in [-0.05, 0) is 39.2 Å². The van der Waals surface area contributed by atoms with Gasteiger partial charge in [0.15, 0.2) is 0 Å². The Morgan fingerprint density at radius 3 is 2.87 bits per heavy atom. The van der Waals surface area contributed by atoms with Crippen molar-refractivity contribution >= 4 is 5.91 Å². The number of hydrogen-bond acceptors (Lipinski definition) is 3. The highest BCUT2D eigenvalue weighted by Gasteiger charge is 2.20. The van der Waals surface area contributed by atoms with Crippen LogP contribution < -0.4 is 10.6 Å². The largest absolute Gasteiger partial charge is 0.377 e. The number of hydrogen-bond donors (Lipinski definition) is 2. The summed E-state index contributed by atoms with van der Waals surface area (Å²) in [6.45, 7) is 6.61. The molecule has 4 nitrogen and oxygen atoms in total. The Morgan fingerprint density at radius 1 is 1.53 bits per heavy atom. The van der Waals surface area contributed by atoms with E-state index >= 15 is 0 Å². The summed E-state index contributed by atoms with van der Waals surface area (Å²) in [5, 5.41) is 5.98. The molecular formula is C11H22N2O2. The van der Waals surface area contributed by atoms with Crippen LogP contribution in [0.25, 0.3) is 0 Å². The van der Waals surface area contributed by atoms with Gasteiger partial charge in [-0.3, -0.25) is 4.79 Å². The van der Waals surface area contributed by atoms with E-state index in [0.29, 0.717) is 19.7 Å². The van der Waals surface area contributed by atoms with Gasteiger partial charge in [0, 0.05) is 13.2 Å². The molecule has 0 aliphatic heterocycles. The summed E-state index contributed by atoms with van der Waals surface area (Å²) in [5.74, 6) is 0.877. The maximum atomic E-state index is 11.3. The summed E-state index contributed by atoms with van der Waals surface area (Å²) < 4.78 is 5.31. The minimum Gasteiger partial charge on any atom is -0.377 e. The SMILES string of the molecule is CCOC(C)CNC(=O)CNCC1CC1. The lowest BCUT2D eigenvalue weighted by Gasteiger charge is -2.12. The van der Waals surface area contributed by atoms with Crippen molar-refractivity contribution in [1.82, 2.24) is 10.6 Å². The van der Waals surface area contributed by atoms with E-state index in [-0.39, 0.29) is 12.0 Å². The summed E-state index contributed by atoms with van der Waals surface area (Å²) >= 11 is 0. The highest BCUT2D eigenvalue weighted by molar-refractivity contribution is 5.77. The molecule has 1 atom stereocenters. The number of nitrogens with one attached hydrogen (secondary N) is 2. The van der Waals surface area contributed by atoms with Gasteiger partial charge in [-0.2, -0.15) is 0 Å². The molecule has 1 aliphatic carbocycles. The lowest BCUT2D eigenvalue weighted by molar-refractivity contribution is -0.120. The number of ether oxygens (including phenoxy) is 1. The molecule has 0 saturated heterocycles. The number of carbonyl (C=O) groups is 1. The van der Waals surface area contributed by atoms with Crippen molar-refractivity contribution in [3.8, 4) is 0 Å². The van der Waals surface area contributed by atoms with E-state index in [1.807, 2.05) is 13.8 Å². The van der Waals surface area contributed by atoms with Crippen molar-refractivity contribution < 1.29 is 9.53 Å². The molecule has 0 heterocycles. The quantitative estimate of drug-likeness (QED) is 0.619. The zero-order valence-electron chi connectivity index (χ0n) is 9.71. The van der Waals surface area contributed by atoms with E-state index in [1.54, 1.807) is 0 Å². The summed E-state index contributed by atoms with van der Waals surface area (Å²) in [7, 11) is 0. The molecule has 2 N–H and O–H groups in total. The van der Waals surface area contributed by atoms with Gasteiger partial charge in [0.05, 0.1) is 12.6 Å². The topological polar surface area (TPSA) is 50.4 Å². The van der Waals surface area contributed by atoms with Crippen LogP contribution >= 0.6 is 0 Å². The van der Waals surface area contributed by atoms with E-state index in [4.69, 9.17) is 4.74 Å². The Balaban J connectivity index is 1.92. The van der Waals surface area contributed by atoms with Crippen molar-refractivity contribution in [1.29, 1.82) is 0 Å². The van der Waals surface area contributed by atoms with Crippen LogP contribution in [0.2, 0.25) is 0 Å². The third-order valence-electron chi connectivity index (χ3n) is 2.45. The third kappa shape index (κ3) is 6.47. The van der Waals surface area contributed by atoms with Crippen LogP contribution in [-0.4, -0.2) is 38.3 Å². The second-order valence-corrected chi connectivity index (χ2v) is 4.14. The van der Waals surface area contributed by atoms with Gasteiger partial charge < -0.3 is 15.4 Å². The predicted octanol–water partition coefficient (Wildman–Crippen LogP) is 0.527. The summed E-state index contributed by atoms with van der Waals surface area (Å²) in [5.41, 5.74) is 0. The van der Waals surface area contributed by atoms with Crippen molar-refractivity contribution in [3.05, 3.63) is 0 Å². The van der Waals surface area contributed by atoms with Crippen molar-refractivity contribution in [3.63, 3.8) is 0 Å². The second-order valence-electron chi connectivity index (χ2n) is 4.14. The molecule has 1 rings (SSSR count). The minimum atomic E-state index is 0.0576. The maximum Gasteiger partial charge on any atom is 0.234 e. The Morgan fingerprint density at radius 2 is 2.27 bits per heavy atom. The molecule has 4 heteroatoms. The highest BCUT2D eigenvalue weighted by Crippen LogP contribution is 2.27. The number of amides is 1. The molecule has 0 aromatic heterocycles. The predicted molar refractivity (Wildman–Crippen MR) is 59.7 cm³/mol. The fourth-order valence-electron chi connectivity index (χ4n) is 1.38. The summed E-state index contributed by atoms with van der Waals surface area (Å²) in [4.78, 5) is 11.3. The van der Waals surface area contributed by atoms with Crippen molar-refractivity contribution in [2.75, 3.05) is 26.2 Å². The van der Waals surface area contributed by atoms with Crippen LogP contribution in [-0.2, 0) is 9.53 Å². The zero-order chi connectivity index (χ0) is 11.1. The minimum absolute atomic E-state index is 0.0576. The van der Waals surface area contributed by atoms with Crippen LogP contribution in [0, 0.1) is 5.92 Å². The van der Waals surface area contributed by atoms with Gasteiger partial charge in [0.25, 0.3) is 0 Å². The van der Waals surface area contributed by atoms with Crippen LogP contribution in [0.3, 0.4) is 0 Å². The molecule has 0 bridgehead atoms. The van der Waals surface area contributed by atoms with E-state index in [0.717, 1.165) is 12.5 Å². The number of carbonyl (C=O) groups excluding carboxylic acids is 1. The standard InChI is InChI=1S/C11H22N2O2/c1-3-15-9(2)6-13-11(14)8-12-7-10-4-5-10/h9-10,12H,3-8H2,1-2H3,(H,13,14). The molecule has 1 fully saturated rings. The molecule has 88 valence electrons. The second kappa shape index (κ2) is 6.80. The molecule has 1 aliphatic rings. The molecule has 0 aromatic carbocycles. The number of rotatable bonds is 8. The fourth-order valence-corrected chi connectivity index (χ4v) is 1.38. The van der Waals surface area contributed by atoms with Crippen LogP contribution in [0.5, 0.6) is 0 Å². The smallest absolute Gasteiger partial charge is 0.234 e. The molecular weight excluding hydrogens is 192 g/mol. The third-order valence-corrected chi connectivity index (χ3v) is 2.45. The van der Waals surface area contributed by atoms with Gasteiger partial charge in [0.1, 0.15) is 0 Å². The fraction of sp³-hybridized carbons (Fsp3) is 0.909. The lowest BCUT2D eigenvalue weighted by atomic mass is 10.4. The van der Waals surface area contributed by atoms with Crippen molar-refractivity contribution in [2.24, 2.45) is 5.92 Å². The van der Waals surface area contributed by atoms with E-state index in [1.165, 1.54) is 12.8 Å². The first-order valence-corrected chi connectivity index (χ1v) is 5.81. The highest BCUT2D eigenvalue weighted by atomic mass is 16.5. The Hall–Kier alpha value is -0.610. The Kier molecular flexibility index (Phi) is 5.65. The van der Waals surface area contributed by atoms with Crippen LogP contribution in [0.4, 0.5) is 0 Å². The summed E-state index contributed by atoms with van der Waals surface area (Å²) in [6, 6.07) is 0. The van der Waals surface area contributed by atoms with Gasteiger partial charge in [-0.25, -0.2) is 0 Å². The van der Waals surface area contributed by atoms with E-state index < -0.39 is 0 Å². The lowest BCUT2D eigenvalue weighted by Crippen LogP contribution is -2.38. The monoisotopic (exact) mass is 214 g/mol. The molecule has 1 unspecified atom stereocenters.